The van der Waals surface area contributed by atoms with Gasteiger partial charge in [0.25, 0.3) is 0 Å². The maximum Gasteiger partial charge on any atom is 0.0280 e. The predicted octanol–water partition coefficient (Wildman–Crippen LogP) is 8.90. The Morgan fingerprint density at radius 3 is 2.45 bits per heavy atom. The van der Waals surface area contributed by atoms with Crippen LogP contribution in [0.25, 0.3) is 5.57 Å². The molecule has 0 amide bonds. The van der Waals surface area contributed by atoms with E-state index in [1.807, 2.05) is 43.4 Å². The Morgan fingerprint density at radius 2 is 1.77 bits per heavy atom. The van der Waals surface area contributed by atoms with E-state index in [2.05, 4.69) is 75.7 Å². The fourth-order valence-electron chi connectivity index (χ4n) is 4.27. The minimum Gasteiger partial charge on any atom is -0.143 e. The third kappa shape index (κ3) is 5.48. The van der Waals surface area contributed by atoms with E-state index < -0.39 is 0 Å². The van der Waals surface area contributed by atoms with Crippen LogP contribution in [0.15, 0.2) is 127 Å². The maximum absolute atomic E-state index is 4.76. The maximum atomic E-state index is 4.76. The van der Waals surface area contributed by atoms with Gasteiger partial charge in [-0.2, -0.15) is 0 Å². The molecule has 0 fully saturated rings. The minimum atomic E-state index is -0.135. The summed E-state index contributed by atoms with van der Waals surface area (Å²) < 4.78 is 0. The quantitative estimate of drug-likeness (QED) is 0.204. The van der Waals surface area contributed by atoms with Gasteiger partial charge in [0.1, 0.15) is 0 Å². The topological polar surface area (TPSA) is 0 Å². The Bertz CT molecular complexity index is 1010. The van der Waals surface area contributed by atoms with Crippen molar-refractivity contribution in [2.45, 2.75) is 43.4 Å². The van der Waals surface area contributed by atoms with Crippen molar-refractivity contribution < 1.29 is 0 Å². The van der Waals surface area contributed by atoms with E-state index in [0.29, 0.717) is 0 Å². The molecule has 0 N–H and O–H groups in total. The molecule has 1 unspecified atom stereocenters. The normalized spacial score (nSPS) is 18.5. The van der Waals surface area contributed by atoms with Crippen LogP contribution in [0.5, 0.6) is 0 Å². The summed E-state index contributed by atoms with van der Waals surface area (Å²) in [5.74, 6) is 0. The lowest BCUT2D eigenvalue weighted by Gasteiger charge is -2.31. The van der Waals surface area contributed by atoms with Crippen LogP contribution in [-0.4, -0.2) is 0 Å². The molecule has 0 spiro atoms. The number of fused-ring (bicyclic) bond motifs is 1. The van der Waals surface area contributed by atoms with Gasteiger partial charge in [-0.25, -0.2) is 0 Å². The summed E-state index contributed by atoms with van der Waals surface area (Å²) >= 11 is 4.76. The van der Waals surface area contributed by atoms with Crippen LogP contribution in [-0.2, 0) is 5.41 Å². The zero-order chi connectivity index (χ0) is 22.9. The zero-order valence-electron chi connectivity index (χ0n) is 18.9. The molecule has 0 aliphatic heterocycles. The Morgan fingerprint density at radius 1 is 1.03 bits per heavy atom. The van der Waals surface area contributed by atoms with Gasteiger partial charge < -0.3 is 0 Å². The van der Waals surface area contributed by atoms with Gasteiger partial charge in [0.2, 0.25) is 0 Å². The Balaban J connectivity index is 2.31. The smallest absolute Gasteiger partial charge is 0.0280 e. The van der Waals surface area contributed by atoms with Gasteiger partial charge in [0, 0.05) is 10.3 Å². The van der Waals surface area contributed by atoms with Gasteiger partial charge in [0.05, 0.1) is 0 Å². The molecule has 0 nitrogen and oxygen atoms in total. The second kappa shape index (κ2) is 11.6. The number of hydrogen-bond acceptors (Lipinski definition) is 1. The lowest BCUT2D eigenvalue weighted by molar-refractivity contribution is 0.537. The minimum absolute atomic E-state index is 0.135. The van der Waals surface area contributed by atoms with Crippen LogP contribution in [0.3, 0.4) is 0 Å². The summed E-state index contributed by atoms with van der Waals surface area (Å²) in [6.07, 6.45) is 23.3. The van der Waals surface area contributed by atoms with Crippen molar-refractivity contribution in [3.8, 4) is 0 Å². The zero-order valence-corrected chi connectivity index (χ0v) is 19.8. The second-order valence-electron chi connectivity index (χ2n) is 7.77. The van der Waals surface area contributed by atoms with E-state index in [9.17, 15) is 0 Å². The second-order valence-corrected chi connectivity index (χ2v) is 8.25. The Labute approximate surface area is 194 Å². The molecule has 1 aliphatic rings. The van der Waals surface area contributed by atoms with Crippen molar-refractivity contribution in [2.75, 3.05) is 0 Å². The fraction of sp³-hybridized carbons (Fsp3) is 0.200. The third-order valence-electron chi connectivity index (χ3n) is 5.75. The van der Waals surface area contributed by atoms with E-state index in [4.69, 9.17) is 12.6 Å². The summed E-state index contributed by atoms with van der Waals surface area (Å²) in [4.78, 5) is 1.03. The van der Waals surface area contributed by atoms with E-state index in [1.54, 1.807) is 0 Å². The summed E-state index contributed by atoms with van der Waals surface area (Å²) in [6, 6.07) is 6.41. The van der Waals surface area contributed by atoms with Crippen molar-refractivity contribution in [1.29, 1.82) is 0 Å². The van der Waals surface area contributed by atoms with E-state index in [-0.39, 0.29) is 5.41 Å². The fourth-order valence-corrected chi connectivity index (χ4v) is 4.65. The van der Waals surface area contributed by atoms with Crippen molar-refractivity contribution in [1.82, 2.24) is 0 Å². The Hall–Kier alpha value is -2.77. The van der Waals surface area contributed by atoms with Gasteiger partial charge in [-0.15, -0.1) is 19.2 Å². The van der Waals surface area contributed by atoms with Crippen molar-refractivity contribution in [2.24, 2.45) is 0 Å². The Kier molecular flexibility index (Phi) is 9.15. The monoisotopic (exact) mass is 426 g/mol. The summed E-state index contributed by atoms with van der Waals surface area (Å²) in [5, 5.41) is 0. The van der Waals surface area contributed by atoms with Crippen LogP contribution < -0.4 is 0 Å². The molecule has 31 heavy (non-hydrogen) atoms. The number of thiol groups is 1. The first-order chi connectivity index (χ1) is 14.9. The van der Waals surface area contributed by atoms with Crippen LogP contribution in [0.2, 0.25) is 0 Å². The molecule has 0 radical (unpaired) electrons. The van der Waals surface area contributed by atoms with Gasteiger partial charge in [-0.05, 0) is 72.6 Å². The van der Waals surface area contributed by atoms with Crippen LogP contribution in [0, 0.1) is 0 Å². The van der Waals surface area contributed by atoms with Crippen LogP contribution >= 0.6 is 12.6 Å². The van der Waals surface area contributed by atoms with Crippen LogP contribution in [0.4, 0.5) is 0 Å². The highest BCUT2D eigenvalue weighted by Gasteiger charge is 2.41. The third-order valence-corrected chi connectivity index (χ3v) is 6.12. The van der Waals surface area contributed by atoms with Crippen molar-refractivity contribution in [3.63, 3.8) is 0 Å². The predicted molar refractivity (Wildman–Crippen MR) is 143 cm³/mol. The summed E-state index contributed by atoms with van der Waals surface area (Å²) in [5.41, 5.74) is 6.94. The van der Waals surface area contributed by atoms with Crippen LogP contribution in [0.1, 0.15) is 44.2 Å². The molecule has 1 heteroatoms. The number of benzene rings is 1. The first-order valence-electron chi connectivity index (χ1n) is 10.7. The average molecular weight is 427 g/mol. The molecule has 0 bridgehead atoms. The van der Waals surface area contributed by atoms with E-state index >= 15 is 0 Å². The molecular weight excluding hydrogens is 392 g/mol. The number of allylic oxidation sites excluding steroid dienone is 14. The lowest BCUT2D eigenvalue weighted by atomic mass is 9.71. The molecule has 0 aromatic heterocycles. The average Bonchev–Trinajstić information content (AvgIpc) is 2.98. The lowest BCUT2D eigenvalue weighted by Crippen LogP contribution is -2.24. The van der Waals surface area contributed by atoms with E-state index in [1.165, 1.54) is 22.3 Å². The molecule has 1 aliphatic carbocycles. The van der Waals surface area contributed by atoms with Gasteiger partial charge >= 0.3 is 0 Å². The van der Waals surface area contributed by atoms with Crippen molar-refractivity contribution >= 4 is 18.2 Å². The molecular formula is C30H34S. The molecule has 0 saturated carbocycles. The SMILES string of the molecule is C=C/C=C\C1=C(C)c2c(S)cccc2C1(CC=C)C/C=C\C/C=C\C(=C)C(=C)/C=C\C. The summed E-state index contributed by atoms with van der Waals surface area (Å²) in [7, 11) is 0. The molecule has 1 aromatic rings. The van der Waals surface area contributed by atoms with Gasteiger partial charge in [-0.1, -0.05) is 92.6 Å². The van der Waals surface area contributed by atoms with Gasteiger partial charge in [0.15, 0.2) is 0 Å². The van der Waals surface area contributed by atoms with E-state index in [0.717, 1.165) is 35.3 Å². The highest BCUT2D eigenvalue weighted by Crippen LogP contribution is 2.53. The highest BCUT2D eigenvalue weighted by atomic mass is 32.1. The highest BCUT2D eigenvalue weighted by molar-refractivity contribution is 7.80. The number of rotatable bonds is 11. The first kappa shape index (κ1) is 24.5. The largest absolute Gasteiger partial charge is 0.143 e. The molecule has 0 saturated heterocycles. The molecule has 160 valence electrons. The number of hydrogen-bond donors (Lipinski definition) is 1. The summed E-state index contributed by atoms with van der Waals surface area (Å²) in [6.45, 7) is 20.2. The molecule has 2 rings (SSSR count). The molecule has 0 heterocycles. The first-order valence-corrected chi connectivity index (χ1v) is 11.1. The van der Waals surface area contributed by atoms with Crippen molar-refractivity contribution in [3.05, 3.63) is 133 Å². The standard InChI is InChI=1S/C30H34S/c1-7-10-18-26-25(6)29-27(19-15-20-28(29)31)30(26,21-9-3)22-14-12-11-13-17-24(5)23(4)16-8-2/h7-10,12-20,31H,1,3-5,11,21-22H2,2,6H3/b14-12-,16-8-,17-13-,18-10-. The molecule has 1 aromatic carbocycles. The molecule has 1 atom stereocenters. The van der Waals surface area contributed by atoms with Gasteiger partial charge in [-0.3, -0.25) is 0 Å².